The van der Waals surface area contributed by atoms with Gasteiger partial charge >= 0.3 is 0 Å². The van der Waals surface area contributed by atoms with Gasteiger partial charge < -0.3 is 4.74 Å². The summed E-state index contributed by atoms with van der Waals surface area (Å²) in [5.41, 5.74) is 0. The van der Waals surface area contributed by atoms with E-state index in [2.05, 4.69) is 0 Å². The second-order valence-electron chi connectivity index (χ2n) is 3.31. The number of halogens is 2. The Morgan fingerprint density at radius 1 is 0.824 bits per heavy atom. The monoisotopic (exact) mass is 284 g/mol. The summed E-state index contributed by atoms with van der Waals surface area (Å²) in [5, 5.41) is 1.45. The largest absolute Gasteiger partial charge is 0.483 e. The van der Waals surface area contributed by atoms with Crippen molar-refractivity contribution in [1.82, 2.24) is 0 Å². The van der Waals surface area contributed by atoms with Crippen molar-refractivity contribution in [2.75, 3.05) is 5.94 Å². The first-order valence-electron chi connectivity index (χ1n) is 5.01. The molecule has 0 aromatic heterocycles. The molecule has 4 heteroatoms. The molecule has 0 radical (unpaired) electrons. The van der Waals surface area contributed by atoms with E-state index >= 15 is 0 Å². The lowest BCUT2D eigenvalue weighted by atomic mass is 10.3. The SMILES string of the molecule is Clc1ccc(OCSc2ccc(Cl)cc2)cc1. The predicted octanol–water partition coefficient (Wildman–Crippen LogP) is 5.12. The van der Waals surface area contributed by atoms with Crippen LogP contribution in [-0.4, -0.2) is 5.94 Å². The summed E-state index contributed by atoms with van der Waals surface area (Å²) in [6, 6.07) is 15.0. The molecule has 0 heterocycles. The molecule has 88 valence electrons. The smallest absolute Gasteiger partial charge is 0.138 e. The highest BCUT2D eigenvalue weighted by Crippen LogP contribution is 2.22. The fraction of sp³-hybridized carbons (Fsp3) is 0.0769. The third-order valence-corrected chi connectivity index (χ3v) is 3.42. The van der Waals surface area contributed by atoms with E-state index in [1.807, 2.05) is 48.5 Å². The van der Waals surface area contributed by atoms with Crippen LogP contribution in [0.5, 0.6) is 5.75 Å². The van der Waals surface area contributed by atoms with Gasteiger partial charge in [0.1, 0.15) is 11.7 Å². The Morgan fingerprint density at radius 3 is 1.94 bits per heavy atom. The molecule has 0 fully saturated rings. The molecule has 0 spiro atoms. The molecule has 0 aliphatic heterocycles. The van der Waals surface area contributed by atoms with Crippen LogP contribution in [0.1, 0.15) is 0 Å². The van der Waals surface area contributed by atoms with E-state index in [4.69, 9.17) is 27.9 Å². The van der Waals surface area contributed by atoms with Crippen molar-refractivity contribution in [2.45, 2.75) is 4.90 Å². The molecular weight excluding hydrogens is 275 g/mol. The molecule has 0 aliphatic rings. The maximum Gasteiger partial charge on any atom is 0.138 e. The summed E-state index contributed by atoms with van der Waals surface area (Å²) < 4.78 is 5.57. The Balaban J connectivity index is 1.83. The van der Waals surface area contributed by atoms with Gasteiger partial charge in [-0.15, -0.1) is 0 Å². The van der Waals surface area contributed by atoms with Crippen LogP contribution in [0.3, 0.4) is 0 Å². The van der Waals surface area contributed by atoms with Crippen LogP contribution in [0.4, 0.5) is 0 Å². The highest BCUT2D eigenvalue weighted by molar-refractivity contribution is 7.99. The topological polar surface area (TPSA) is 9.23 Å². The van der Waals surface area contributed by atoms with Gasteiger partial charge in [-0.1, -0.05) is 35.0 Å². The lowest BCUT2D eigenvalue weighted by molar-refractivity contribution is 0.393. The van der Waals surface area contributed by atoms with E-state index in [0.29, 0.717) is 11.0 Å². The molecule has 0 bridgehead atoms. The molecule has 2 aromatic carbocycles. The first-order chi connectivity index (χ1) is 8.24. The number of hydrogen-bond acceptors (Lipinski definition) is 2. The molecule has 1 nitrogen and oxygen atoms in total. The van der Waals surface area contributed by atoms with E-state index in [1.165, 1.54) is 0 Å². The zero-order valence-corrected chi connectivity index (χ0v) is 11.2. The quantitative estimate of drug-likeness (QED) is 0.569. The third kappa shape index (κ3) is 4.15. The molecule has 2 rings (SSSR count). The summed E-state index contributed by atoms with van der Waals surface area (Å²) in [6.45, 7) is 0. The van der Waals surface area contributed by atoms with Gasteiger partial charge in [0.05, 0.1) is 0 Å². The molecule has 0 atom stereocenters. The van der Waals surface area contributed by atoms with Crippen LogP contribution < -0.4 is 4.74 Å². The molecule has 0 amide bonds. The summed E-state index contributed by atoms with van der Waals surface area (Å²) in [6.07, 6.45) is 0. The molecule has 0 unspecified atom stereocenters. The van der Waals surface area contributed by atoms with Gasteiger partial charge in [-0.05, 0) is 48.5 Å². The highest BCUT2D eigenvalue weighted by Gasteiger charge is 1.96. The zero-order valence-electron chi connectivity index (χ0n) is 8.90. The summed E-state index contributed by atoms with van der Waals surface area (Å²) >= 11 is 13.2. The average Bonchev–Trinajstić information content (AvgIpc) is 2.34. The van der Waals surface area contributed by atoms with Crippen LogP contribution in [0.15, 0.2) is 53.4 Å². The Bertz CT molecular complexity index is 422. The van der Waals surface area contributed by atoms with Gasteiger partial charge in [-0.3, -0.25) is 0 Å². The normalized spacial score (nSPS) is 10.2. The van der Waals surface area contributed by atoms with Crippen LogP contribution >= 0.6 is 35.0 Å². The first kappa shape index (κ1) is 12.6. The van der Waals surface area contributed by atoms with Crippen LogP contribution in [-0.2, 0) is 0 Å². The number of thioether (sulfide) groups is 1. The Kier molecular flexibility index (Phi) is 4.60. The van der Waals surface area contributed by atoms with E-state index in [1.54, 1.807) is 11.8 Å². The molecule has 0 saturated carbocycles. The van der Waals surface area contributed by atoms with Crippen LogP contribution in [0, 0.1) is 0 Å². The van der Waals surface area contributed by atoms with E-state index in [9.17, 15) is 0 Å². The third-order valence-electron chi connectivity index (χ3n) is 2.08. The summed E-state index contributed by atoms with van der Waals surface area (Å²) in [5.74, 6) is 1.37. The van der Waals surface area contributed by atoms with Crippen molar-refractivity contribution in [1.29, 1.82) is 0 Å². The van der Waals surface area contributed by atoms with Crippen molar-refractivity contribution < 1.29 is 4.74 Å². The van der Waals surface area contributed by atoms with Gasteiger partial charge in [0, 0.05) is 14.9 Å². The summed E-state index contributed by atoms with van der Waals surface area (Å²) in [4.78, 5) is 1.13. The highest BCUT2D eigenvalue weighted by atomic mass is 35.5. The van der Waals surface area contributed by atoms with Crippen molar-refractivity contribution in [3.05, 3.63) is 58.6 Å². The lowest BCUT2D eigenvalue weighted by Gasteiger charge is -2.05. The zero-order chi connectivity index (χ0) is 12.1. The lowest BCUT2D eigenvalue weighted by Crippen LogP contribution is -1.91. The minimum absolute atomic E-state index is 0.559. The Morgan fingerprint density at radius 2 is 1.35 bits per heavy atom. The van der Waals surface area contributed by atoms with E-state index < -0.39 is 0 Å². The van der Waals surface area contributed by atoms with Crippen molar-refractivity contribution >= 4 is 35.0 Å². The molecule has 0 saturated heterocycles. The molecule has 0 N–H and O–H groups in total. The Labute approximate surface area is 115 Å². The number of rotatable bonds is 4. The van der Waals surface area contributed by atoms with E-state index in [0.717, 1.165) is 15.7 Å². The van der Waals surface area contributed by atoms with Crippen LogP contribution in [0.2, 0.25) is 10.0 Å². The average molecular weight is 285 g/mol. The van der Waals surface area contributed by atoms with Crippen LogP contribution in [0.25, 0.3) is 0 Å². The minimum atomic E-state index is 0.559. The number of benzene rings is 2. The van der Waals surface area contributed by atoms with Gasteiger partial charge in [-0.25, -0.2) is 0 Å². The minimum Gasteiger partial charge on any atom is -0.483 e. The second-order valence-corrected chi connectivity index (χ2v) is 5.18. The molecular formula is C13H10Cl2OS. The fourth-order valence-electron chi connectivity index (χ4n) is 1.23. The standard InChI is InChI=1S/C13H10Cl2OS/c14-10-1-5-12(6-2-10)16-9-17-13-7-3-11(15)4-8-13/h1-8H,9H2. The van der Waals surface area contributed by atoms with Crippen molar-refractivity contribution in [3.63, 3.8) is 0 Å². The Hall–Kier alpha value is -0.830. The first-order valence-corrected chi connectivity index (χ1v) is 6.75. The van der Waals surface area contributed by atoms with Gasteiger partial charge in [0.25, 0.3) is 0 Å². The maximum absolute atomic E-state index is 5.80. The predicted molar refractivity (Wildman–Crippen MR) is 74.3 cm³/mol. The van der Waals surface area contributed by atoms with Gasteiger partial charge in [0.15, 0.2) is 0 Å². The van der Waals surface area contributed by atoms with Crippen molar-refractivity contribution in [3.8, 4) is 5.75 Å². The maximum atomic E-state index is 5.80. The van der Waals surface area contributed by atoms with Crippen molar-refractivity contribution in [2.24, 2.45) is 0 Å². The molecule has 0 aliphatic carbocycles. The van der Waals surface area contributed by atoms with E-state index in [-0.39, 0.29) is 0 Å². The number of hydrogen-bond donors (Lipinski definition) is 0. The number of ether oxygens (including phenoxy) is 1. The van der Waals surface area contributed by atoms with Gasteiger partial charge in [0.2, 0.25) is 0 Å². The molecule has 2 aromatic rings. The summed E-state index contributed by atoms with van der Waals surface area (Å²) in [7, 11) is 0. The fourth-order valence-corrected chi connectivity index (χ4v) is 2.14. The van der Waals surface area contributed by atoms with Gasteiger partial charge in [-0.2, -0.15) is 0 Å². The molecule has 17 heavy (non-hydrogen) atoms. The second kappa shape index (κ2) is 6.20.